The van der Waals surface area contributed by atoms with Gasteiger partial charge in [-0.15, -0.1) is 0 Å². The highest BCUT2D eigenvalue weighted by Gasteiger charge is 2.21. The van der Waals surface area contributed by atoms with Gasteiger partial charge in [0.1, 0.15) is 5.60 Å². The first-order chi connectivity index (χ1) is 8.19. The minimum atomic E-state index is -1.01. The van der Waals surface area contributed by atoms with E-state index in [1.165, 1.54) is 12.1 Å². The third-order valence-electron chi connectivity index (χ3n) is 2.09. The fourth-order valence-corrected chi connectivity index (χ4v) is 1.43. The van der Waals surface area contributed by atoms with Gasteiger partial charge in [0.2, 0.25) is 0 Å². The monoisotopic (exact) mass is 251 g/mol. The van der Waals surface area contributed by atoms with Gasteiger partial charge < -0.3 is 15.6 Å². The van der Waals surface area contributed by atoms with E-state index in [4.69, 9.17) is 15.6 Å². The Kier molecular flexibility index (Phi) is 3.96. The van der Waals surface area contributed by atoms with Crippen molar-refractivity contribution in [2.75, 3.05) is 5.73 Å². The predicted octanol–water partition coefficient (Wildman–Crippen LogP) is 1.85. The number of carbonyl (C=O) groups is 2. The first kappa shape index (κ1) is 14.0. The molecule has 5 heteroatoms. The lowest BCUT2D eigenvalue weighted by atomic mass is 10.0. The maximum atomic E-state index is 11.9. The van der Waals surface area contributed by atoms with Gasteiger partial charge in [0.05, 0.1) is 12.0 Å². The Bertz CT molecular complexity index is 474. The van der Waals surface area contributed by atoms with Crippen LogP contribution in [0.15, 0.2) is 18.2 Å². The Morgan fingerprint density at radius 3 is 2.44 bits per heavy atom. The summed E-state index contributed by atoms with van der Waals surface area (Å²) in [5.41, 5.74) is 5.96. The van der Waals surface area contributed by atoms with Crippen molar-refractivity contribution in [3.63, 3.8) is 0 Å². The van der Waals surface area contributed by atoms with Crippen molar-refractivity contribution in [3.05, 3.63) is 29.3 Å². The summed E-state index contributed by atoms with van der Waals surface area (Å²) >= 11 is 0. The zero-order valence-corrected chi connectivity index (χ0v) is 10.7. The standard InChI is InChI=1S/C13H17NO4/c1-13(2,3)18-12(17)10-7-9(14)5-4-8(10)6-11(15)16/h4-5,7H,6,14H2,1-3H3,(H,15,16). The zero-order valence-electron chi connectivity index (χ0n) is 10.7. The third-order valence-corrected chi connectivity index (χ3v) is 2.09. The second-order valence-corrected chi connectivity index (χ2v) is 4.99. The van der Waals surface area contributed by atoms with Crippen molar-refractivity contribution in [2.45, 2.75) is 32.8 Å². The lowest BCUT2D eigenvalue weighted by molar-refractivity contribution is -0.136. The lowest BCUT2D eigenvalue weighted by Gasteiger charge is -2.20. The van der Waals surface area contributed by atoms with E-state index in [2.05, 4.69) is 0 Å². The van der Waals surface area contributed by atoms with Crippen molar-refractivity contribution < 1.29 is 19.4 Å². The number of anilines is 1. The van der Waals surface area contributed by atoms with Gasteiger partial charge in [0, 0.05) is 5.69 Å². The molecule has 0 aromatic heterocycles. The number of hydrogen-bond donors (Lipinski definition) is 2. The maximum absolute atomic E-state index is 11.9. The van der Waals surface area contributed by atoms with Crippen LogP contribution in [0.3, 0.4) is 0 Å². The molecule has 0 fully saturated rings. The van der Waals surface area contributed by atoms with Crippen LogP contribution in [0.25, 0.3) is 0 Å². The minimum Gasteiger partial charge on any atom is -0.481 e. The molecule has 0 amide bonds. The van der Waals surface area contributed by atoms with Crippen LogP contribution in [0.1, 0.15) is 36.7 Å². The SMILES string of the molecule is CC(C)(C)OC(=O)c1cc(N)ccc1CC(=O)O. The molecule has 5 nitrogen and oxygen atoms in total. The molecule has 0 radical (unpaired) electrons. The van der Waals surface area contributed by atoms with Gasteiger partial charge >= 0.3 is 11.9 Å². The maximum Gasteiger partial charge on any atom is 0.339 e. The number of nitrogen functional groups attached to an aromatic ring is 1. The first-order valence-electron chi connectivity index (χ1n) is 5.52. The molecule has 0 bridgehead atoms. The molecule has 0 aliphatic carbocycles. The van der Waals surface area contributed by atoms with Crippen LogP contribution in [0, 0.1) is 0 Å². The molecule has 0 unspecified atom stereocenters. The third kappa shape index (κ3) is 4.08. The second kappa shape index (κ2) is 5.08. The number of aliphatic carboxylic acids is 1. The summed E-state index contributed by atoms with van der Waals surface area (Å²) in [5, 5.41) is 8.79. The molecular weight excluding hydrogens is 234 g/mol. The highest BCUT2D eigenvalue weighted by atomic mass is 16.6. The van der Waals surface area contributed by atoms with E-state index in [9.17, 15) is 9.59 Å². The number of benzene rings is 1. The molecule has 0 aliphatic heterocycles. The largest absolute Gasteiger partial charge is 0.481 e. The van der Waals surface area contributed by atoms with Gasteiger partial charge in [-0.1, -0.05) is 6.07 Å². The molecular formula is C13H17NO4. The van der Waals surface area contributed by atoms with E-state index in [-0.39, 0.29) is 12.0 Å². The average molecular weight is 251 g/mol. The van der Waals surface area contributed by atoms with Crippen LogP contribution in [0.5, 0.6) is 0 Å². The molecule has 0 saturated carbocycles. The molecule has 0 saturated heterocycles. The quantitative estimate of drug-likeness (QED) is 0.632. The van der Waals surface area contributed by atoms with E-state index >= 15 is 0 Å². The molecule has 3 N–H and O–H groups in total. The van der Waals surface area contributed by atoms with Crippen molar-refractivity contribution in [3.8, 4) is 0 Å². The summed E-state index contributed by atoms with van der Waals surface area (Å²) in [7, 11) is 0. The Morgan fingerprint density at radius 1 is 1.33 bits per heavy atom. The van der Waals surface area contributed by atoms with E-state index in [0.717, 1.165) is 0 Å². The summed E-state index contributed by atoms with van der Waals surface area (Å²) in [5.74, 6) is -1.57. The van der Waals surface area contributed by atoms with E-state index in [1.54, 1.807) is 26.8 Å². The van der Waals surface area contributed by atoms with Crippen LogP contribution < -0.4 is 5.73 Å². The molecule has 1 aromatic rings. The Morgan fingerprint density at radius 2 is 1.94 bits per heavy atom. The van der Waals surface area contributed by atoms with E-state index in [1.807, 2.05) is 0 Å². The average Bonchev–Trinajstić information content (AvgIpc) is 2.17. The topological polar surface area (TPSA) is 89.6 Å². The molecule has 0 heterocycles. The fraction of sp³-hybridized carbons (Fsp3) is 0.385. The van der Waals surface area contributed by atoms with Gasteiger partial charge in [0.25, 0.3) is 0 Å². The van der Waals surface area contributed by atoms with Crippen LogP contribution in [0.4, 0.5) is 5.69 Å². The summed E-state index contributed by atoms with van der Waals surface area (Å²) in [6, 6.07) is 4.53. The van der Waals surface area contributed by atoms with Gasteiger partial charge in [0.15, 0.2) is 0 Å². The summed E-state index contributed by atoms with van der Waals surface area (Å²) in [6.45, 7) is 5.23. The van der Waals surface area contributed by atoms with Gasteiger partial charge in [-0.3, -0.25) is 4.79 Å². The van der Waals surface area contributed by atoms with Gasteiger partial charge in [-0.2, -0.15) is 0 Å². The number of ether oxygens (including phenoxy) is 1. The zero-order chi connectivity index (χ0) is 13.9. The Labute approximate surface area is 106 Å². The normalized spacial score (nSPS) is 11.1. The van der Waals surface area contributed by atoms with Gasteiger partial charge in [-0.05, 0) is 38.5 Å². The fourth-order valence-electron chi connectivity index (χ4n) is 1.43. The minimum absolute atomic E-state index is 0.201. The van der Waals surface area contributed by atoms with Crippen LogP contribution in [-0.2, 0) is 16.0 Å². The van der Waals surface area contributed by atoms with Crippen molar-refractivity contribution in [2.24, 2.45) is 0 Å². The number of carbonyl (C=O) groups excluding carboxylic acids is 1. The number of esters is 1. The number of rotatable bonds is 3. The van der Waals surface area contributed by atoms with Crippen LogP contribution in [-0.4, -0.2) is 22.6 Å². The Balaban J connectivity index is 3.08. The molecule has 1 aromatic carbocycles. The van der Waals surface area contributed by atoms with Crippen molar-refractivity contribution >= 4 is 17.6 Å². The molecule has 0 spiro atoms. The van der Waals surface area contributed by atoms with Crippen molar-refractivity contribution in [1.29, 1.82) is 0 Å². The van der Waals surface area contributed by atoms with Crippen LogP contribution in [0.2, 0.25) is 0 Å². The number of hydrogen-bond acceptors (Lipinski definition) is 4. The summed E-state index contributed by atoms with van der Waals surface area (Å²) in [6.07, 6.45) is -0.241. The van der Waals surface area contributed by atoms with Crippen molar-refractivity contribution in [1.82, 2.24) is 0 Å². The second-order valence-electron chi connectivity index (χ2n) is 4.99. The molecule has 0 aliphatic rings. The number of carboxylic acids is 1. The predicted molar refractivity (Wildman–Crippen MR) is 67.4 cm³/mol. The highest BCUT2D eigenvalue weighted by molar-refractivity contribution is 5.93. The lowest BCUT2D eigenvalue weighted by Crippen LogP contribution is -2.25. The summed E-state index contributed by atoms with van der Waals surface area (Å²) in [4.78, 5) is 22.7. The smallest absolute Gasteiger partial charge is 0.339 e. The number of carboxylic acid groups (broad SMARTS) is 1. The van der Waals surface area contributed by atoms with E-state index in [0.29, 0.717) is 11.3 Å². The first-order valence-corrected chi connectivity index (χ1v) is 5.52. The molecule has 98 valence electrons. The van der Waals surface area contributed by atoms with E-state index < -0.39 is 17.5 Å². The van der Waals surface area contributed by atoms with Gasteiger partial charge in [-0.25, -0.2) is 4.79 Å². The van der Waals surface area contributed by atoms with Crippen LogP contribution >= 0.6 is 0 Å². The number of nitrogens with two attached hydrogens (primary N) is 1. The molecule has 18 heavy (non-hydrogen) atoms. The highest BCUT2D eigenvalue weighted by Crippen LogP contribution is 2.19. The Hall–Kier alpha value is -2.04. The summed E-state index contributed by atoms with van der Waals surface area (Å²) < 4.78 is 5.21. The molecule has 1 rings (SSSR count). The molecule has 0 atom stereocenters.